The number of hydrogen-bond acceptors (Lipinski definition) is 3. The van der Waals surface area contributed by atoms with Crippen molar-refractivity contribution in [1.82, 2.24) is 4.98 Å². The van der Waals surface area contributed by atoms with Crippen molar-refractivity contribution in [3.63, 3.8) is 0 Å². The second-order valence-corrected chi connectivity index (χ2v) is 2.85. The number of hydrogen-bond donors (Lipinski definition) is 1. The summed E-state index contributed by atoms with van der Waals surface area (Å²) in [6.45, 7) is 0. The Labute approximate surface area is 87.7 Å². The van der Waals surface area contributed by atoms with Gasteiger partial charge in [-0.05, 0) is 6.07 Å². The number of halogens is 3. The predicted molar refractivity (Wildman–Crippen MR) is 45.9 cm³/mol. The SMILES string of the molecule is N#Cc1nc(C(=O)O)cc(C(F)F)c1Cl. The lowest BCUT2D eigenvalue weighted by molar-refractivity contribution is 0.0690. The minimum Gasteiger partial charge on any atom is -0.477 e. The molecule has 0 unspecified atom stereocenters. The molecule has 1 aromatic heterocycles. The van der Waals surface area contributed by atoms with Crippen molar-refractivity contribution in [3.8, 4) is 6.07 Å². The van der Waals surface area contributed by atoms with E-state index in [1.165, 1.54) is 6.07 Å². The van der Waals surface area contributed by atoms with Crippen LogP contribution in [0.1, 0.15) is 28.2 Å². The number of alkyl halides is 2. The summed E-state index contributed by atoms with van der Waals surface area (Å²) in [6.07, 6.45) is -2.95. The Balaban J connectivity index is 3.47. The van der Waals surface area contributed by atoms with Crippen molar-refractivity contribution in [2.75, 3.05) is 0 Å². The number of carboxylic acid groups (broad SMARTS) is 1. The summed E-state index contributed by atoms with van der Waals surface area (Å²) in [6, 6.07) is 2.10. The fraction of sp³-hybridized carbons (Fsp3) is 0.125. The molecule has 7 heteroatoms. The fourth-order valence-corrected chi connectivity index (χ4v) is 1.11. The maximum Gasteiger partial charge on any atom is 0.354 e. The van der Waals surface area contributed by atoms with E-state index in [0.29, 0.717) is 6.07 Å². The lowest BCUT2D eigenvalue weighted by atomic mass is 10.2. The summed E-state index contributed by atoms with van der Waals surface area (Å²) in [4.78, 5) is 13.8. The van der Waals surface area contributed by atoms with Crippen molar-refractivity contribution in [2.24, 2.45) is 0 Å². The minimum atomic E-state index is -2.95. The quantitative estimate of drug-likeness (QED) is 0.849. The van der Waals surface area contributed by atoms with E-state index >= 15 is 0 Å². The van der Waals surface area contributed by atoms with Crippen LogP contribution in [0.25, 0.3) is 0 Å². The van der Waals surface area contributed by atoms with Gasteiger partial charge in [-0.25, -0.2) is 18.6 Å². The minimum absolute atomic E-state index is 0.516. The molecule has 0 atom stereocenters. The molecule has 1 aromatic rings. The highest BCUT2D eigenvalue weighted by atomic mass is 35.5. The highest BCUT2D eigenvalue weighted by Gasteiger charge is 2.20. The van der Waals surface area contributed by atoms with Gasteiger partial charge in [0.15, 0.2) is 5.69 Å². The standard InChI is InChI=1S/C8H3ClF2N2O2/c9-6-3(7(10)11)1-4(8(14)15)13-5(6)2-12/h1,7H,(H,14,15). The molecular formula is C8H3ClF2N2O2. The average molecular weight is 233 g/mol. The monoisotopic (exact) mass is 232 g/mol. The molecule has 1 rings (SSSR count). The second kappa shape index (κ2) is 4.19. The third-order valence-corrected chi connectivity index (χ3v) is 1.94. The first-order valence-corrected chi connectivity index (χ1v) is 3.97. The van der Waals surface area contributed by atoms with Crippen LogP contribution in [0.5, 0.6) is 0 Å². The smallest absolute Gasteiger partial charge is 0.354 e. The zero-order valence-corrected chi connectivity index (χ0v) is 7.79. The maximum atomic E-state index is 12.4. The van der Waals surface area contributed by atoms with Gasteiger partial charge in [0.05, 0.1) is 5.02 Å². The molecule has 0 aromatic carbocycles. The van der Waals surface area contributed by atoms with Gasteiger partial charge in [-0.2, -0.15) is 5.26 Å². The van der Waals surface area contributed by atoms with Crippen LogP contribution in [-0.4, -0.2) is 16.1 Å². The van der Waals surface area contributed by atoms with Crippen LogP contribution in [0.4, 0.5) is 8.78 Å². The number of pyridine rings is 1. The molecule has 0 spiro atoms. The molecule has 1 N–H and O–H groups in total. The fourth-order valence-electron chi connectivity index (χ4n) is 0.892. The van der Waals surface area contributed by atoms with Crippen molar-refractivity contribution in [3.05, 3.63) is 28.0 Å². The number of carbonyl (C=O) groups is 1. The molecule has 15 heavy (non-hydrogen) atoms. The van der Waals surface area contributed by atoms with E-state index in [2.05, 4.69) is 4.98 Å². The molecule has 0 radical (unpaired) electrons. The Hall–Kier alpha value is -1.74. The van der Waals surface area contributed by atoms with Gasteiger partial charge in [0.2, 0.25) is 0 Å². The lowest BCUT2D eigenvalue weighted by Gasteiger charge is -2.05. The van der Waals surface area contributed by atoms with E-state index in [4.69, 9.17) is 22.0 Å². The number of aromatic nitrogens is 1. The van der Waals surface area contributed by atoms with E-state index in [1.807, 2.05) is 0 Å². The summed E-state index contributed by atoms with van der Waals surface area (Å²) in [5.74, 6) is -1.50. The first-order valence-electron chi connectivity index (χ1n) is 3.59. The van der Waals surface area contributed by atoms with Gasteiger partial charge in [0, 0.05) is 5.56 Å². The van der Waals surface area contributed by atoms with Gasteiger partial charge < -0.3 is 5.11 Å². The van der Waals surface area contributed by atoms with Crippen LogP contribution in [0.15, 0.2) is 6.07 Å². The van der Waals surface area contributed by atoms with Gasteiger partial charge in [-0.1, -0.05) is 11.6 Å². The van der Waals surface area contributed by atoms with Crippen LogP contribution in [0.2, 0.25) is 5.02 Å². The number of nitriles is 1. The average Bonchev–Trinajstić information content (AvgIpc) is 2.17. The van der Waals surface area contributed by atoms with Crippen LogP contribution >= 0.6 is 11.6 Å². The molecule has 0 aliphatic rings. The maximum absolute atomic E-state index is 12.4. The molecule has 1 heterocycles. The summed E-state index contributed by atoms with van der Waals surface area (Å²) in [7, 11) is 0. The van der Waals surface area contributed by atoms with Gasteiger partial charge in [-0.15, -0.1) is 0 Å². The first-order chi connectivity index (χ1) is 6.97. The third-order valence-electron chi connectivity index (χ3n) is 1.55. The molecule has 0 aliphatic heterocycles. The lowest BCUT2D eigenvalue weighted by Crippen LogP contribution is -2.05. The largest absolute Gasteiger partial charge is 0.477 e. The molecule has 0 saturated heterocycles. The van der Waals surface area contributed by atoms with Crippen LogP contribution < -0.4 is 0 Å². The van der Waals surface area contributed by atoms with Gasteiger partial charge in [-0.3, -0.25) is 0 Å². The number of rotatable bonds is 2. The predicted octanol–water partition coefficient (Wildman–Crippen LogP) is 2.24. The van der Waals surface area contributed by atoms with Crippen LogP contribution in [0, 0.1) is 11.3 Å². The highest BCUT2D eigenvalue weighted by Crippen LogP contribution is 2.29. The molecule has 0 amide bonds. The van der Waals surface area contributed by atoms with Crippen molar-refractivity contribution < 1.29 is 18.7 Å². The Morgan fingerprint density at radius 2 is 2.27 bits per heavy atom. The molecule has 0 saturated carbocycles. The van der Waals surface area contributed by atoms with E-state index in [0.717, 1.165) is 0 Å². The summed E-state index contributed by atoms with van der Waals surface area (Å²) >= 11 is 5.42. The first kappa shape index (κ1) is 11.3. The zero-order chi connectivity index (χ0) is 11.6. The highest BCUT2D eigenvalue weighted by molar-refractivity contribution is 6.32. The summed E-state index contributed by atoms with van der Waals surface area (Å²) in [5.41, 5.74) is -1.86. The van der Waals surface area contributed by atoms with E-state index in [1.54, 1.807) is 0 Å². The molecule has 0 bridgehead atoms. The van der Waals surface area contributed by atoms with Crippen molar-refractivity contribution in [2.45, 2.75) is 6.43 Å². The van der Waals surface area contributed by atoms with Crippen LogP contribution in [0.3, 0.4) is 0 Å². The van der Waals surface area contributed by atoms with Crippen LogP contribution in [-0.2, 0) is 0 Å². The molecule has 78 valence electrons. The molecule has 0 fully saturated rings. The normalized spacial score (nSPS) is 10.1. The Morgan fingerprint density at radius 3 is 2.67 bits per heavy atom. The van der Waals surface area contributed by atoms with Crippen molar-refractivity contribution >= 4 is 17.6 Å². The van der Waals surface area contributed by atoms with Gasteiger partial charge in [0.1, 0.15) is 11.8 Å². The Kier molecular flexibility index (Phi) is 3.17. The Morgan fingerprint density at radius 1 is 1.67 bits per heavy atom. The topological polar surface area (TPSA) is 74.0 Å². The Bertz CT molecular complexity index is 457. The molecule has 0 aliphatic carbocycles. The van der Waals surface area contributed by atoms with E-state index < -0.39 is 34.4 Å². The van der Waals surface area contributed by atoms with E-state index in [9.17, 15) is 13.6 Å². The van der Waals surface area contributed by atoms with Gasteiger partial charge >= 0.3 is 5.97 Å². The third kappa shape index (κ3) is 2.19. The molecule has 4 nitrogen and oxygen atoms in total. The second-order valence-electron chi connectivity index (χ2n) is 2.48. The summed E-state index contributed by atoms with van der Waals surface area (Å²) in [5, 5.41) is 16.5. The number of carboxylic acids is 1. The van der Waals surface area contributed by atoms with E-state index in [-0.39, 0.29) is 0 Å². The molecular weight excluding hydrogens is 230 g/mol. The van der Waals surface area contributed by atoms with Crippen molar-refractivity contribution in [1.29, 1.82) is 5.26 Å². The zero-order valence-electron chi connectivity index (χ0n) is 7.04. The number of nitrogens with zero attached hydrogens (tertiary/aromatic N) is 2. The summed E-state index contributed by atoms with van der Waals surface area (Å²) < 4.78 is 24.7. The van der Waals surface area contributed by atoms with Gasteiger partial charge in [0.25, 0.3) is 6.43 Å². The number of aromatic carboxylic acids is 1.